The van der Waals surface area contributed by atoms with E-state index in [4.69, 9.17) is 0 Å². The molecule has 0 aliphatic carbocycles. The van der Waals surface area contributed by atoms with Crippen molar-refractivity contribution in [1.82, 2.24) is 0 Å². The summed E-state index contributed by atoms with van der Waals surface area (Å²) in [6.07, 6.45) is 29.3. The van der Waals surface area contributed by atoms with E-state index in [0.29, 0.717) is 5.75 Å². The molecule has 1 aromatic carbocycles. The van der Waals surface area contributed by atoms with Gasteiger partial charge in [-0.2, -0.15) is 0 Å². The summed E-state index contributed by atoms with van der Waals surface area (Å²) < 4.78 is 0. The minimum atomic E-state index is 0.132. The van der Waals surface area contributed by atoms with Crippen molar-refractivity contribution in [2.75, 3.05) is 0 Å². The number of unbranched alkanes of at least 4 members (excludes halogenated alkanes) is 18. The van der Waals surface area contributed by atoms with Gasteiger partial charge in [0.05, 0.1) is 0 Å². The van der Waals surface area contributed by atoms with E-state index in [9.17, 15) is 5.11 Å². The molecule has 0 bridgehead atoms. The SMILES string of the molecule is CCCCCCCCCCCCc1cc(C(C)(C)C)cc(CCCCCCCCCCCC)c1O. The summed E-state index contributed by atoms with van der Waals surface area (Å²) in [7, 11) is 0. The van der Waals surface area contributed by atoms with E-state index < -0.39 is 0 Å². The van der Waals surface area contributed by atoms with Crippen LogP contribution in [0.5, 0.6) is 5.75 Å². The van der Waals surface area contributed by atoms with Gasteiger partial charge in [0.2, 0.25) is 0 Å². The first-order valence-electron chi connectivity index (χ1n) is 15.7. The Kier molecular flexibility index (Phi) is 18.4. The molecule has 0 saturated heterocycles. The van der Waals surface area contributed by atoms with Gasteiger partial charge in [0.1, 0.15) is 5.75 Å². The summed E-state index contributed by atoms with van der Waals surface area (Å²) in [5.74, 6) is 0.602. The van der Waals surface area contributed by atoms with E-state index in [2.05, 4.69) is 46.8 Å². The third kappa shape index (κ3) is 15.7. The van der Waals surface area contributed by atoms with Gasteiger partial charge in [-0.25, -0.2) is 0 Å². The fourth-order valence-electron chi connectivity index (χ4n) is 5.18. The lowest BCUT2D eigenvalue weighted by molar-refractivity contribution is 0.454. The minimum Gasteiger partial charge on any atom is -0.507 e. The maximum atomic E-state index is 11.1. The molecule has 0 radical (unpaired) electrons. The molecular weight excluding hydrogens is 424 g/mol. The number of aryl methyl sites for hydroxylation is 2. The molecule has 0 amide bonds. The molecule has 35 heavy (non-hydrogen) atoms. The Labute approximate surface area is 220 Å². The molecule has 0 unspecified atom stereocenters. The van der Waals surface area contributed by atoms with Gasteiger partial charge in [-0.05, 0) is 47.8 Å². The molecule has 1 rings (SSSR count). The van der Waals surface area contributed by atoms with Crippen molar-refractivity contribution in [1.29, 1.82) is 0 Å². The molecule has 204 valence electrons. The van der Waals surface area contributed by atoms with Gasteiger partial charge in [0, 0.05) is 0 Å². The Balaban J connectivity index is 2.40. The van der Waals surface area contributed by atoms with Crippen LogP contribution < -0.4 is 0 Å². The molecule has 0 heterocycles. The van der Waals surface area contributed by atoms with Gasteiger partial charge in [0.25, 0.3) is 0 Å². The van der Waals surface area contributed by atoms with Gasteiger partial charge in [-0.3, -0.25) is 0 Å². The van der Waals surface area contributed by atoms with Crippen molar-refractivity contribution >= 4 is 0 Å². The zero-order valence-corrected chi connectivity index (χ0v) is 24.7. The first kappa shape index (κ1) is 32.0. The van der Waals surface area contributed by atoms with E-state index in [1.807, 2.05) is 0 Å². The van der Waals surface area contributed by atoms with E-state index in [-0.39, 0.29) is 5.41 Å². The van der Waals surface area contributed by atoms with Crippen LogP contribution in [0.3, 0.4) is 0 Å². The van der Waals surface area contributed by atoms with Gasteiger partial charge >= 0.3 is 0 Å². The number of aromatic hydroxyl groups is 1. The fraction of sp³-hybridized carbons (Fsp3) is 0.824. The Bertz CT molecular complexity index is 579. The lowest BCUT2D eigenvalue weighted by Gasteiger charge is -2.22. The molecular formula is C34H62O. The predicted octanol–water partition coefficient (Wildman–Crippen LogP) is 11.6. The molecule has 1 nitrogen and oxygen atoms in total. The number of hydrogen-bond acceptors (Lipinski definition) is 1. The van der Waals surface area contributed by atoms with Crippen molar-refractivity contribution in [2.24, 2.45) is 0 Å². The maximum absolute atomic E-state index is 11.1. The second-order valence-electron chi connectivity index (χ2n) is 12.3. The number of rotatable bonds is 22. The highest BCUT2D eigenvalue weighted by Crippen LogP contribution is 2.33. The molecule has 0 aliphatic heterocycles. The van der Waals surface area contributed by atoms with Crippen LogP contribution in [0, 0.1) is 0 Å². The molecule has 0 spiro atoms. The van der Waals surface area contributed by atoms with Crippen molar-refractivity contribution in [2.45, 2.75) is 181 Å². The zero-order chi connectivity index (χ0) is 25.8. The molecule has 0 saturated carbocycles. The predicted molar refractivity (Wildman–Crippen MR) is 158 cm³/mol. The second kappa shape index (κ2) is 20.1. The molecule has 1 N–H and O–H groups in total. The number of benzene rings is 1. The molecule has 0 aromatic heterocycles. The molecule has 0 fully saturated rings. The van der Waals surface area contributed by atoms with Gasteiger partial charge in [0.15, 0.2) is 0 Å². The normalized spacial score (nSPS) is 11.9. The number of phenolic OH excluding ortho intramolecular Hbond substituents is 1. The maximum Gasteiger partial charge on any atom is 0.121 e. The Morgan fingerprint density at radius 3 is 1.06 bits per heavy atom. The van der Waals surface area contributed by atoms with Crippen LogP contribution in [-0.4, -0.2) is 5.11 Å². The quantitative estimate of drug-likeness (QED) is 0.161. The monoisotopic (exact) mass is 486 g/mol. The third-order valence-corrected chi connectivity index (χ3v) is 7.73. The molecule has 0 atom stereocenters. The lowest BCUT2D eigenvalue weighted by atomic mass is 9.83. The highest BCUT2D eigenvalue weighted by atomic mass is 16.3. The average molecular weight is 487 g/mol. The Hall–Kier alpha value is -0.980. The van der Waals surface area contributed by atoms with Crippen molar-refractivity contribution in [3.8, 4) is 5.75 Å². The third-order valence-electron chi connectivity index (χ3n) is 7.73. The van der Waals surface area contributed by atoms with E-state index in [1.165, 1.54) is 145 Å². The van der Waals surface area contributed by atoms with Crippen LogP contribution in [0.25, 0.3) is 0 Å². The number of phenols is 1. The van der Waals surface area contributed by atoms with E-state index >= 15 is 0 Å². The standard InChI is InChI=1S/C34H62O/c1-6-8-10-12-14-16-18-20-22-24-26-30-28-32(34(3,4)5)29-31(33(30)35)27-25-23-21-19-17-15-13-11-9-7-2/h28-29,35H,6-27H2,1-5H3. The van der Waals surface area contributed by atoms with Gasteiger partial charge in [-0.1, -0.05) is 162 Å². The van der Waals surface area contributed by atoms with E-state index in [1.54, 1.807) is 0 Å². The van der Waals surface area contributed by atoms with Gasteiger partial charge in [-0.15, -0.1) is 0 Å². The second-order valence-corrected chi connectivity index (χ2v) is 12.3. The van der Waals surface area contributed by atoms with Crippen LogP contribution >= 0.6 is 0 Å². The van der Waals surface area contributed by atoms with Crippen LogP contribution in [0.2, 0.25) is 0 Å². The Morgan fingerprint density at radius 1 is 0.486 bits per heavy atom. The van der Waals surface area contributed by atoms with Crippen molar-refractivity contribution < 1.29 is 5.11 Å². The van der Waals surface area contributed by atoms with Crippen LogP contribution in [0.1, 0.15) is 180 Å². The summed E-state index contributed by atoms with van der Waals surface area (Å²) in [6, 6.07) is 4.59. The van der Waals surface area contributed by atoms with Crippen molar-refractivity contribution in [3.63, 3.8) is 0 Å². The number of hydrogen-bond donors (Lipinski definition) is 1. The van der Waals surface area contributed by atoms with E-state index in [0.717, 1.165) is 12.8 Å². The summed E-state index contributed by atoms with van der Waals surface area (Å²) in [4.78, 5) is 0. The molecule has 0 aliphatic rings. The topological polar surface area (TPSA) is 20.2 Å². The first-order chi connectivity index (χ1) is 16.9. The first-order valence-corrected chi connectivity index (χ1v) is 15.7. The van der Waals surface area contributed by atoms with Crippen molar-refractivity contribution in [3.05, 3.63) is 28.8 Å². The van der Waals surface area contributed by atoms with Gasteiger partial charge < -0.3 is 5.11 Å². The summed E-state index contributed by atoms with van der Waals surface area (Å²) in [5, 5.41) is 11.1. The minimum absolute atomic E-state index is 0.132. The van der Waals surface area contributed by atoms with Crippen LogP contribution in [-0.2, 0) is 18.3 Å². The highest BCUT2D eigenvalue weighted by molar-refractivity contribution is 5.46. The molecule has 1 aromatic rings. The lowest BCUT2D eigenvalue weighted by Crippen LogP contribution is -2.12. The smallest absolute Gasteiger partial charge is 0.121 e. The summed E-state index contributed by atoms with van der Waals surface area (Å²) >= 11 is 0. The summed E-state index contributed by atoms with van der Waals surface area (Å²) in [6.45, 7) is 11.5. The fourth-order valence-corrected chi connectivity index (χ4v) is 5.18. The van der Waals surface area contributed by atoms with Crippen LogP contribution in [0.15, 0.2) is 12.1 Å². The largest absolute Gasteiger partial charge is 0.507 e. The van der Waals surface area contributed by atoms with Crippen LogP contribution in [0.4, 0.5) is 0 Å². The average Bonchev–Trinajstić information content (AvgIpc) is 2.82. The molecule has 1 heteroatoms. The zero-order valence-electron chi connectivity index (χ0n) is 24.7. The summed E-state index contributed by atoms with van der Waals surface area (Å²) in [5.41, 5.74) is 3.91. The highest BCUT2D eigenvalue weighted by Gasteiger charge is 2.18. The Morgan fingerprint density at radius 2 is 0.771 bits per heavy atom.